The van der Waals surface area contributed by atoms with Crippen LogP contribution in [0.4, 0.5) is 0 Å². The standard InChI is InChI=1S/C13H18N2O3S/c1-5-19(16,17)15(4)12-10-8-6-7-9-11(10)18-13(2,3)14-12/h6-9H,5H2,1-4H3. The van der Waals surface area contributed by atoms with Crippen molar-refractivity contribution < 1.29 is 13.2 Å². The second kappa shape index (κ2) is 4.52. The first-order valence-electron chi connectivity index (χ1n) is 6.12. The lowest BCUT2D eigenvalue weighted by Gasteiger charge is -2.33. The minimum absolute atomic E-state index is 0.0337. The van der Waals surface area contributed by atoms with Crippen LogP contribution >= 0.6 is 0 Å². The van der Waals surface area contributed by atoms with Gasteiger partial charge in [-0.05, 0) is 32.9 Å². The molecule has 0 aromatic heterocycles. The number of nitrogens with zero attached hydrogens (tertiary/aromatic N) is 2. The summed E-state index contributed by atoms with van der Waals surface area (Å²) in [6.45, 7) is 5.22. The van der Waals surface area contributed by atoms with Crippen molar-refractivity contribution in [3.63, 3.8) is 0 Å². The van der Waals surface area contributed by atoms with Gasteiger partial charge in [-0.3, -0.25) is 4.31 Å². The molecule has 1 aliphatic heterocycles. The number of rotatable bonds is 2. The summed E-state index contributed by atoms with van der Waals surface area (Å²) in [5, 5.41) is 0. The molecule has 1 aromatic rings. The van der Waals surface area contributed by atoms with E-state index in [4.69, 9.17) is 4.74 Å². The van der Waals surface area contributed by atoms with Crippen LogP contribution in [0, 0.1) is 0 Å². The van der Waals surface area contributed by atoms with Gasteiger partial charge in [0.05, 0.1) is 11.3 Å². The average molecular weight is 282 g/mol. The van der Waals surface area contributed by atoms with Crippen LogP contribution < -0.4 is 4.74 Å². The first-order chi connectivity index (χ1) is 8.77. The van der Waals surface area contributed by atoms with Gasteiger partial charge in [-0.15, -0.1) is 0 Å². The van der Waals surface area contributed by atoms with Gasteiger partial charge in [-0.1, -0.05) is 12.1 Å². The zero-order valence-electron chi connectivity index (χ0n) is 11.5. The molecule has 0 bridgehead atoms. The van der Waals surface area contributed by atoms with Crippen molar-refractivity contribution in [3.05, 3.63) is 29.8 Å². The lowest BCUT2D eigenvalue weighted by Crippen LogP contribution is -2.41. The molecule has 0 radical (unpaired) electrons. The first kappa shape index (κ1) is 13.9. The molecule has 0 fully saturated rings. The number of hydrogen-bond acceptors (Lipinski definition) is 4. The predicted molar refractivity (Wildman–Crippen MR) is 74.9 cm³/mol. The number of fused-ring (bicyclic) bond motifs is 1. The summed E-state index contributed by atoms with van der Waals surface area (Å²) in [7, 11) is -1.82. The van der Waals surface area contributed by atoms with E-state index in [1.807, 2.05) is 24.3 Å². The molecule has 0 atom stereocenters. The summed E-state index contributed by atoms with van der Waals surface area (Å²) >= 11 is 0. The topological polar surface area (TPSA) is 59.0 Å². The monoisotopic (exact) mass is 282 g/mol. The van der Waals surface area contributed by atoms with Crippen molar-refractivity contribution in [1.82, 2.24) is 4.31 Å². The molecule has 0 saturated carbocycles. The maximum Gasteiger partial charge on any atom is 0.235 e. The van der Waals surface area contributed by atoms with Crippen molar-refractivity contribution in [1.29, 1.82) is 0 Å². The van der Waals surface area contributed by atoms with Crippen molar-refractivity contribution >= 4 is 15.9 Å². The minimum Gasteiger partial charge on any atom is -0.466 e. The van der Waals surface area contributed by atoms with Crippen LogP contribution in [0.2, 0.25) is 0 Å². The van der Waals surface area contributed by atoms with E-state index in [9.17, 15) is 8.42 Å². The van der Waals surface area contributed by atoms with Crippen LogP contribution in [0.1, 0.15) is 26.3 Å². The van der Waals surface area contributed by atoms with E-state index in [1.165, 1.54) is 11.4 Å². The summed E-state index contributed by atoms with van der Waals surface area (Å²) in [5.74, 6) is 1.11. The van der Waals surface area contributed by atoms with Gasteiger partial charge in [-0.25, -0.2) is 13.4 Å². The van der Waals surface area contributed by atoms with Gasteiger partial charge in [0.25, 0.3) is 0 Å². The highest BCUT2D eigenvalue weighted by molar-refractivity contribution is 7.89. The number of hydrogen-bond donors (Lipinski definition) is 0. The molecule has 0 spiro atoms. The fourth-order valence-corrected chi connectivity index (χ4v) is 2.70. The number of para-hydroxylation sites is 1. The lowest BCUT2D eigenvalue weighted by atomic mass is 10.1. The van der Waals surface area contributed by atoms with Crippen LogP contribution in [0.3, 0.4) is 0 Å². The Bertz CT molecular complexity index is 621. The molecular formula is C13H18N2O3S. The minimum atomic E-state index is -3.34. The molecule has 0 saturated heterocycles. The molecule has 1 aromatic carbocycles. The molecule has 1 aliphatic rings. The summed E-state index contributed by atoms with van der Waals surface area (Å²) in [4.78, 5) is 4.41. The first-order valence-corrected chi connectivity index (χ1v) is 7.72. The smallest absolute Gasteiger partial charge is 0.235 e. The third-order valence-corrected chi connectivity index (χ3v) is 4.68. The van der Waals surface area contributed by atoms with Crippen molar-refractivity contribution in [2.24, 2.45) is 4.99 Å². The molecule has 2 rings (SSSR count). The zero-order valence-corrected chi connectivity index (χ0v) is 12.4. The summed E-state index contributed by atoms with van der Waals surface area (Å²) in [5.41, 5.74) is -0.0809. The van der Waals surface area contributed by atoms with E-state index in [-0.39, 0.29) is 5.75 Å². The Balaban J connectivity index is 2.57. The Kier molecular flexibility index (Phi) is 3.30. The van der Waals surface area contributed by atoms with Crippen molar-refractivity contribution in [2.75, 3.05) is 12.8 Å². The van der Waals surface area contributed by atoms with E-state index in [0.29, 0.717) is 17.1 Å². The Morgan fingerprint density at radius 2 is 1.95 bits per heavy atom. The molecule has 5 nitrogen and oxygen atoms in total. The van der Waals surface area contributed by atoms with Gasteiger partial charge in [-0.2, -0.15) is 0 Å². The predicted octanol–water partition coefficient (Wildman–Crippen LogP) is 1.84. The molecule has 0 unspecified atom stereocenters. The number of aliphatic imine (C=N–C) groups is 1. The maximum absolute atomic E-state index is 12.0. The molecule has 19 heavy (non-hydrogen) atoms. The highest BCUT2D eigenvalue weighted by Gasteiger charge is 2.32. The van der Waals surface area contributed by atoms with E-state index in [2.05, 4.69) is 4.99 Å². The SMILES string of the molecule is CCS(=O)(=O)N(C)C1=NC(C)(C)Oc2ccccc21. The van der Waals surface area contributed by atoms with Gasteiger partial charge < -0.3 is 4.74 Å². The fraction of sp³-hybridized carbons (Fsp3) is 0.462. The molecular weight excluding hydrogens is 264 g/mol. The van der Waals surface area contributed by atoms with Crippen LogP contribution in [-0.2, 0) is 10.0 Å². The third kappa shape index (κ3) is 2.58. The fourth-order valence-electron chi connectivity index (χ4n) is 1.91. The zero-order chi connectivity index (χ0) is 14.3. The van der Waals surface area contributed by atoms with E-state index >= 15 is 0 Å². The van der Waals surface area contributed by atoms with Crippen LogP contribution in [0.15, 0.2) is 29.3 Å². The maximum atomic E-state index is 12.0. The Labute approximate surface area is 114 Å². The van der Waals surface area contributed by atoms with E-state index in [0.717, 1.165) is 0 Å². The summed E-state index contributed by atoms with van der Waals surface area (Å²) in [6.07, 6.45) is 0. The molecule has 104 valence electrons. The summed E-state index contributed by atoms with van der Waals surface area (Å²) < 4.78 is 31.0. The Morgan fingerprint density at radius 1 is 1.32 bits per heavy atom. The third-order valence-electron chi connectivity index (χ3n) is 2.94. The molecule has 0 aliphatic carbocycles. The van der Waals surface area contributed by atoms with Crippen LogP contribution in [0.25, 0.3) is 0 Å². The van der Waals surface area contributed by atoms with Crippen molar-refractivity contribution in [3.8, 4) is 5.75 Å². The highest BCUT2D eigenvalue weighted by Crippen LogP contribution is 2.31. The highest BCUT2D eigenvalue weighted by atomic mass is 32.2. The average Bonchev–Trinajstić information content (AvgIpc) is 2.35. The largest absolute Gasteiger partial charge is 0.466 e. The van der Waals surface area contributed by atoms with Crippen molar-refractivity contribution in [2.45, 2.75) is 26.5 Å². The van der Waals surface area contributed by atoms with Gasteiger partial charge >= 0.3 is 0 Å². The van der Waals surface area contributed by atoms with E-state index < -0.39 is 15.7 Å². The van der Waals surface area contributed by atoms with Gasteiger partial charge in [0.15, 0.2) is 11.6 Å². The normalized spacial score (nSPS) is 17.2. The quantitative estimate of drug-likeness (QED) is 0.831. The Morgan fingerprint density at radius 3 is 2.58 bits per heavy atom. The lowest BCUT2D eigenvalue weighted by molar-refractivity contribution is 0.114. The second-order valence-electron chi connectivity index (χ2n) is 4.85. The van der Waals surface area contributed by atoms with Gasteiger partial charge in [0.1, 0.15) is 5.75 Å². The van der Waals surface area contributed by atoms with Crippen LogP contribution in [-0.4, -0.2) is 37.1 Å². The molecule has 0 amide bonds. The Hall–Kier alpha value is -1.56. The number of ether oxygens (including phenoxy) is 1. The van der Waals surface area contributed by atoms with E-state index in [1.54, 1.807) is 20.8 Å². The second-order valence-corrected chi connectivity index (χ2v) is 7.14. The molecule has 1 heterocycles. The summed E-state index contributed by atoms with van der Waals surface area (Å²) in [6, 6.07) is 7.32. The number of amidine groups is 1. The van der Waals surface area contributed by atoms with Gasteiger partial charge in [0.2, 0.25) is 10.0 Å². The van der Waals surface area contributed by atoms with Crippen LogP contribution in [0.5, 0.6) is 5.75 Å². The number of sulfonamides is 1. The molecule has 0 N–H and O–H groups in total. The van der Waals surface area contributed by atoms with Gasteiger partial charge in [0, 0.05) is 7.05 Å². The number of benzene rings is 1. The molecule has 6 heteroatoms.